The second kappa shape index (κ2) is 34.3. The van der Waals surface area contributed by atoms with Crippen LogP contribution in [-0.2, 0) is 27.4 Å². The quantitative estimate of drug-likeness (QED) is 0.0330. The highest BCUT2D eigenvalue weighted by molar-refractivity contribution is 7.51. The van der Waals surface area contributed by atoms with Gasteiger partial charge in [0.15, 0.2) is 0 Å². The van der Waals surface area contributed by atoms with Crippen LogP contribution < -0.4 is 81.4 Å². The van der Waals surface area contributed by atoms with E-state index in [1.54, 1.807) is 194 Å². The average molecular weight is 1570 g/mol. The smallest absolute Gasteiger partial charge is 0.386 e. The summed E-state index contributed by atoms with van der Waals surface area (Å²) in [4.78, 5) is 0. The van der Waals surface area contributed by atoms with Gasteiger partial charge in [-0.05, 0) is 158 Å². The average Bonchev–Trinajstić information content (AvgIpc) is 0.822. The molecule has 0 spiro atoms. The summed E-state index contributed by atoms with van der Waals surface area (Å²) in [5.74, 6) is -0.786. The molecule has 4 atom stereocenters. The molecule has 13 aromatic rings. The number of rotatable bonds is 36. The van der Waals surface area contributed by atoms with Crippen molar-refractivity contribution in [2.45, 2.75) is 0 Å². The van der Waals surface area contributed by atoms with E-state index in [4.69, 9.17) is 81.4 Å². The summed E-state index contributed by atoms with van der Waals surface area (Å²) in [5, 5.41) is 0. The van der Waals surface area contributed by atoms with E-state index in [0.717, 1.165) is 0 Å². The fourth-order valence-corrected chi connectivity index (χ4v) is 16.9. The first-order chi connectivity index (χ1) is 52.4. The minimum absolute atomic E-state index is 0.0396. The van der Waals surface area contributed by atoms with Crippen molar-refractivity contribution in [3.8, 4) is 103 Å². The Bertz CT molecular complexity index is 5000. The molecule has 546 valence electrons. The second-order valence-corrected chi connectivity index (χ2v) is 30.9. The summed E-state index contributed by atoms with van der Waals surface area (Å²) < 4.78 is 197. The monoisotopic (exact) mass is 1570 g/mol. The van der Waals surface area contributed by atoms with Crippen molar-refractivity contribution in [1.29, 1.82) is 0 Å². The number of hydrogen-bond donors (Lipinski definition) is 0. The molecule has 4 unspecified atom stereocenters. The third-order valence-electron chi connectivity index (χ3n) is 13.9. The Morgan fingerprint density at radius 2 is 0.194 bits per heavy atom. The van der Waals surface area contributed by atoms with E-state index in [1.165, 1.54) is 170 Å². The topological polar surface area (TPSA) is 269 Å². The molecule has 0 aromatic heterocycles. The van der Waals surface area contributed by atoms with Gasteiger partial charge in [0.2, 0.25) is 0 Å². The van der Waals surface area contributed by atoms with Crippen molar-refractivity contribution < 1.29 is 109 Å². The zero-order valence-corrected chi connectivity index (χ0v) is 61.5. The molecule has 13 rings (SSSR count). The Balaban J connectivity index is 0.736. The molecule has 108 heavy (non-hydrogen) atoms. The van der Waals surface area contributed by atoms with E-state index in [2.05, 4.69) is 0 Å². The number of phosphoric ester groups is 6. The van der Waals surface area contributed by atoms with E-state index in [9.17, 15) is 9.13 Å². The molecule has 30 heteroatoms. The van der Waals surface area contributed by atoms with Crippen molar-refractivity contribution in [1.82, 2.24) is 0 Å². The summed E-state index contributed by atoms with van der Waals surface area (Å²) in [6.07, 6.45) is 0. The van der Waals surface area contributed by atoms with Crippen molar-refractivity contribution in [3.05, 3.63) is 364 Å². The third kappa shape index (κ3) is 21.9. The normalized spacial score (nSPS) is 13.3. The first-order valence-corrected chi connectivity index (χ1v) is 41.2. The van der Waals surface area contributed by atoms with Crippen LogP contribution >= 0.6 is 46.9 Å². The van der Waals surface area contributed by atoms with Crippen molar-refractivity contribution >= 4 is 46.9 Å². The van der Waals surface area contributed by atoms with Gasteiger partial charge < -0.3 is 81.4 Å². The van der Waals surface area contributed by atoms with Crippen LogP contribution in [0.15, 0.2) is 364 Å². The lowest BCUT2D eigenvalue weighted by atomic mass is 10.3. The highest BCUT2D eigenvalue weighted by Crippen LogP contribution is 2.58. The van der Waals surface area contributed by atoms with Crippen molar-refractivity contribution in [2.24, 2.45) is 0 Å². The van der Waals surface area contributed by atoms with E-state index in [0.29, 0.717) is 0 Å². The van der Waals surface area contributed by atoms with Gasteiger partial charge in [-0.3, -0.25) is 0 Å². The molecule has 0 aliphatic carbocycles. The molecule has 13 aromatic carbocycles. The number of benzene rings is 13. The second-order valence-electron chi connectivity index (χ2n) is 22.2. The largest absolute Gasteiger partial charge is 0.647 e. The predicted molar refractivity (Wildman–Crippen MR) is 401 cm³/mol. The Kier molecular flexibility index (Phi) is 23.5. The molecule has 0 amide bonds. The highest BCUT2D eigenvalue weighted by atomic mass is 31.2. The Morgan fingerprint density at radius 1 is 0.111 bits per heavy atom. The number of phosphoric acid groups is 6. The minimum Gasteiger partial charge on any atom is -0.386 e. The molecule has 0 saturated carbocycles. The zero-order chi connectivity index (χ0) is 74.5. The Morgan fingerprint density at radius 3 is 0.296 bits per heavy atom. The summed E-state index contributed by atoms with van der Waals surface area (Å²) in [6.45, 7) is 0. The highest BCUT2D eigenvalue weighted by Gasteiger charge is 2.41. The third-order valence-corrected chi connectivity index (χ3v) is 21.7. The standard InChI is InChI=1S/C78H60O24P6/c79-103(85-61-30-9-1-10-31-61,86-62-32-11-2-12-33-62)93-69-46-25-48-71(56-69)95-105(81,89-65-38-17-5-18-39-65)97-73-50-27-52-75(58-73)99-107(83,91-67-42-21-7-22-43-67)101-77-54-29-55-78(60-77)102-108(84,92-68-44-23-8-24-45-68)100-76-53-28-51-74(59-76)98-106(82,90-66-40-19-6-20-41-66)96-72-49-26-47-70(57-72)94-104(80,87-63-34-13-3-14-35-63)88-64-36-15-4-16-37-64/h1-60H. The van der Waals surface area contributed by atoms with Gasteiger partial charge in [0.1, 0.15) is 103 Å². The summed E-state index contributed by atoms with van der Waals surface area (Å²) in [7, 11) is -28.6. The number of para-hydroxylation sites is 8. The van der Waals surface area contributed by atoms with E-state index >= 15 is 18.3 Å². The molecular weight excluding hydrogens is 1510 g/mol. The van der Waals surface area contributed by atoms with Gasteiger partial charge >= 0.3 is 46.9 Å². The van der Waals surface area contributed by atoms with Crippen LogP contribution in [0.4, 0.5) is 0 Å². The Labute approximate surface area is 619 Å². The van der Waals surface area contributed by atoms with Gasteiger partial charge in [-0.15, -0.1) is 0 Å². The first kappa shape index (κ1) is 73.9. The zero-order valence-electron chi connectivity index (χ0n) is 56.1. The van der Waals surface area contributed by atoms with Crippen LogP contribution in [0.5, 0.6) is 103 Å². The fourth-order valence-electron chi connectivity index (χ4n) is 9.45. The van der Waals surface area contributed by atoms with E-state index in [-0.39, 0.29) is 103 Å². The molecule has 0 heterocycles. The fraction of sp³-hybridized carbons (Fsp3) is 0. The maximum atomic E-state index is 15.2. The number of hydrogen-bond acceptors (Lipinski definition) is 24. The lowest BCUT2D eigenvalue weighted by molar-refractivity contribution is 0.290. The minimum atomic E-state index is -4.93. The van der Waals surface area contributed by atoms with E-state index in [1.807, 2.05) is 0 Å². The SMILES string of the molecule is O=P(Oc1ccccc1)(Oc1ccccc1)Oc1cccc(OP(=O)(Oc2ccccc2)Oc2cccc(OP(=O)(Oc3ccccc3)Oc3cccc(OP(=O)(Oc4ccccc4)Oc4cccc(OP(=O)(Oc5ccccc5)Oc5cccc(OP(=O)(Oc6ccccc6)Oc6ccccc6)c5)c4)c3)c2)c1. The maximum Gasteiger partial charge on any atom is 0.647 e. The van der Waals surface area contributed by atoms with Crippen LogP contribution in [0.2, 0.25) is 0 Å². The first-order valence-electron chi connectivity index (χ1n) is 32.4. The molecule has 0 fully saturated rings. The van der Waals surface area contributed by atoms with Crippen LogP contribution in [0.3, 0.4) is 0 Å². The maximum absolute atomic E-state index is 15.2. The molecule has 0 aliphatic rings. The predicted octanol–water partition coefficient (Wildman–Crippen LogP) is 23.6. The Hall–Kier alpha value is -12.4. The molecule has 0 bridgehead atoms. The van der Waals surface area contributed by atoms with Crippen LogP contribution in [0.25, 0.3) is 0 Å². The molecule has 24 nitrogen and oxygen atoms in total. The van der Waals surface area contributed by atoms with Crippen molar-refractivity contribution in [3.63, 3.8) is 0 Å². The van der Waals surface area contributed by atoms with Gasteiger partial charge in [0, 0.05) is 30.3 Å². The molecule has 0 aliphatic heterocycles. The van der Waals surface area contributed by atoms with Gasteiger partial charge in [0.05, 0.1) is 0 Å². The molecule has 0 saturated heterocycles. The van der Waals surface area contributed by atoms with Gasteiger partial charge in [-0.25, -0.2) is 0 Å². The van der Waals surface area contributed by atoms with Crippen LogP contribution in [0, 0.1) is 0 Å². The van der Waals surface area contributed by atoms with Gasteiger partial charge in [0.25, 0.3) is 0 Å². The lowest BCUT2D eigenvalue weighted by Gasteiger charge is -2.22. The van der Waals surface area contributed by atoms with Gasteiger partial charge in [-0.1, -0.05) is 176 Å². The molecular formula is C78H60O24P6. The molecule has 0 radical (unpaired) electrons. The van der Waals surface area contributed by atoms with Crippen molar-refractivity contribution in [2.75, 3.05) is 0 Å². The summed E-state index contributed by atoms with van der Waals surface area (Å²) >= 11 is 0. The van der Waals surface area contributed by atoms with Gasteiger partial charge in [-0.2, -0.15) is 27.4 Å². The van der Waals surface area contributed by atoms with Crippen LogP contribution in [0.1, 0.15) is 0 Å². The summed E-state index contributed by atoms with van der Waals surface area (Å²) in [6, 6.07) is 92.3. The summed E-state index contributed by atoms with van der Waals surface area (Å²) in [5.41, 5.74) is 0. The van der Waals surface area contributed by atoms with E-state index < -0.39 is 46.9 Å². The lowest BCUT2D eigenvalue weighted by Crippen LogP contribution is -2.10. The molecule has 0 N–H and O–H groups in total. The van der Waals surface area contributed by atoms with Crippen LogP contribution in [-0.4, -0.2) is 0 Å².